The Balaban J connectivity index is 1.14. The van der Waals surface area contributed by atoms with Crippen LogP contribution in [0.4, 0.5) is 5.69 Å². The minimum absolute atomic E-state index is 0.119. The van der Waals surface area contributed by atoms with Gasteiger partial charge in [0.05, 0.1) is 17.5 Å². The number of hydrogen-bond donors (Lipinski definition) is 0. The molecule has 0 aromatic heterocycles. The molecule has 1 heterocycles. The van der Waals surface area contributed by atoms with Crippen LogP contribution in [0, 0.1) is 23.7 Å². The van der Waals surface area contributed by atoms with Crippen LogP contribution in [0.1, 0.15) is 23.7 Å². The Bertz CT molecular complexity index is 1360. The van der Waals surface area contributed by atoms with Gasteiger partial charge >= 0.3 is 0 Å². The molecule has 6 rings (SSSR count). The average Bonchev–Trinajstić information content (AvgIpc) is 3.53. The molecule has 5 heteroatoms. The van der Waals surface area contributed by atoms with Gasteiger partial charge in [0.2, 0.25) is 11.8 Å². The van der Waals surface area contributed by atoms with E-state index in [1.54, 1.807) is 36.4 Å². The average molecular weight is 464 g/mol. The fourth-order valence-corrected chi connectivity index (χ4v) is 5.95. The molecular weight excluding hydrogens is 438 g/mol. The summed E-state index contributed by atoms with van der Waals surface area (Å²) in [5.41, 5.74) is 4.43. The van der Waals surface area contributed by atoms with Crippen LogP contribution in [-0.4, -0.2) is 24.2 Å². The molecule has 2 aliphatic carbocycles. The molecule has 174 valence electrons. The molecule has 1 saturated heterocycles. The number of rotatable bonds is 6. The summed E-state index contributed by atoms with van der Waals surface area (Å²) in [5, 5.41) is 0. The van der Waals surface area contributed by atoms with Gasteiger partial charge in [-0.1, -0.05) is 72.3 Å². The number of nitrogens with zero attached hydrogens (tertiary/aromatic N) is 1. The number of Topliss-reactive ketones (excluding diaryl/α,β-unsaturated/α-hetero) is 1. The number of hydrogen-bond acceptors (Lipinski definition) is 4. The van der Waals surface area contributed by atoms with Crippen LogP contribution in [0.3, 0.4) is 0 Å². The summed E-state index contributed by atoms with van der Waals surface area (Å²) < 4.78 is 5.76. The zero-order valence-electron chi connectivity index (χ0n) is 19.4. The normalized spacial score (nSPS) is 24.5. The van der Waals surface area contributed by atoms with Crippen LogP contribution in [-0.2, 0) is 9.59 Å². The summed E-state index contributed by atoms with van der Waals surface area (Å²) in [6.07, 6.45) is 3.07. The Morgan fingerprint density at radius 3 is 2.37 bits per heavy atom. The van der Waals surface area contributed by atoms with Gasteiger partial charge in [0, 0.05) is 11.6 Å². The Morgan fingerprint density at radius 1 is 0.886 bits per heavy atom. The van der Waals surface area contributed by atoms with Crippen molar-refractivity contribution in [1.29, 1.82) is 0 Å². The van der Waals surface area contributed by atoms with Crippen molar-refractivity contribution >= 4 is 23.3 Å². The first-order valence-corrected chi connectivity index (χ1v) is 12.0. The molecule has 4 atom stereocenters. The largest absolute Gasteiger partial charge is 0.485 e. The molecule has 1 saturated carbocycles. The zero-order valence-corrected chi connectivity index (χ0v) is 19.4. The maximum absolute atomic E-state index is 13.2. The van der Waals surface area contributed by atoms with Gasteiger partial charge in [0.25, 0.3) is 0 Å². The molecular formula is C30H25NO4. The summed E-state index contributed by atoms with van der Waals surface area (Å²) >= 11 is 0. The number of carbonyl (C=O) groups excluding carboxylic acids is 3. The van der Waals surface area contributed by atoms with Crippen LogP contribution < -0.4 is 9.64 Å². The Morgan fingerprint density at radius 2 is 1.60 bits per heavy atom. The third-order valence-electron chi connectivity index (χ3n) is 7.64. The van der Waals surface area contributed by atoms with Gasteiger partial charge in [-0.25, -0.2) is 4.90 Å². The lowest BCUT2D eigenvalue weighted by molar-refractivity contribution is -0.123. The van der Waals surface area contributed by atoms with Gasteiger partial charge in [0.15, 0.2) is 12.4 Å². The van der Waals surface area contributed by atoms with Crippen molar-refractivity contribution in [3.05, 3.63) is 96.1 Å². The number of fused-ring (bicyclic) bond motifs is 5. The number of amides is 2. The number of benzene rings is 3. The van der Waals surface area contributed by atoms with E-state index in [1.807, 2.05) is 42.5 Å². The van der Waals surface area contributed by atoms with Crippen LogP contribution in [0.5, 0.6) is 5.75 Å². The standard InChI is InChI=1S/C30H25NO4/c1-18-14-22-15-25(18)28-27(22)29(33)31(30(28)34)23-8-5-9-24(16-23)35-17-26(32)21-12-10-20(11-13-21)19-6-3-2-4-7-19/h2-14,16,22,25,27-28H,15,17H2,1H3. The first kappa shape index (κ1) is 21.5. The van der Waals surface area contributed by atoms with E-state index in [9.17, 15) is 14.4 Å². The van der Waals surface area contributed by atoms with Crippen molar-refractivity contribution in [2.45, 2.75) is 13.3 Å². The van der Waals surface area contributed by atoms with Crippen molar-refractivity contribution in [2.24, 2.45) is 23.7 Å². The quantitative estimate of drug-likeness (QED) is 0.282. The highest BCUT2D eigenvalue weighted by atomic mass is 16.5. The fraction of sp³-hybridized carbons (Fsp3) is 0.233. The number of allylic oxidation sites excluding steroid dienone is 2. The zero-order chi connectivity index (χ0) is 24.1. The predicted molar refractivity (Wildman–Crippen MR) is 133 cm³/mol. The van der Waals surface area contributed by atoms with Crippen molar-refractivity contribution in [3.8, 4) is 16.9 Å². The summed E-state index contributed by atoms with van der Waals surface area (Å²) in [7, 11) is 0. The first-order valence-electron chi connectivity index (χ1n) is 12.0. The van der Waals surface area contributed by atoms with E-state index in [2.05, 4.69) is 13.0 Å². The van der Waals surface area contributed by atoms with Gasteiger partial charge < -0.3 is 4.74 Å². The van der Waals surface area contributed by atoms with E-state index in [0.29, 0.717) is 17.0 Å². The van der Waals surface area contributed by atoms with Gasteiger partial charge in [-0.15, -0.1) is 0 Å². The van der Waals surface area contributed by atoms with Crippen molar-refractivity contribution in [3.63, 3.8) is 0 Å². The van der Waals surface area contributed by atoms with E-state index >= 15 is 0 Å². The second kappa shape index (κ2) is 8.35. The second-order valence-corrected chi connectivity index (χ2v) is 9.63. The Kier molecular flexibility index (Phi) is 5.14. The second-order valence-electron chi connectivity index (χ2n) is 9.63. The van der Waals surface area contributed by atoms with Crippen molar-refractivity contribution in [1.82, 2.24) is 0 Å². The van der Waals surface area contributed by atoms with E-state index in [1.165, 1.54) is 10.5 Å². The molecule has 5 nitrogen and oxygen atoms in total. The van der Waals surface area contributed by atoms with Crippen LogP contribution in [0.2, 0.25) is 0 Å². The molecule has 2 bridgehead atoms. The van der Waals surface area contributed by atoms with Crippen LogP contribution in [0.25, 0.3) is 11.1 Å². The van der Waals surface area contributed by atoms with Gasteiger partial charge in [-0.05, 0) is 48.4 Å². The van der Waals surface area contributed by atoms with Crippen LogP contribution in [0.15, 0.2) is 90.5 Å². The van der Waals surface area contributed by atoms with Crippen molar-refractivity contribution < 1.29 is 19.1 Å². The molecule has 2 amide bonds. The molecule has 0 N–H and O–H groups in total. The number of ketones is 1. The monoisotopic (exact) mass is 463 g/mol. The van der Waals surface area contributed by atoms with E-state index in [-0.39, 0.29) is 47.9 Å². The van der Waals surface area contributed by atoms with E-state index < -0.39 is 0 Å². The van der Waals surface area contributed by atoms with E-state index in [0.717, 1.165) is 17.5 Å². The highest BCUT2D eigenvalue weighted by Gasteiger charge is 2.60. The number of imide groups is 1. The minimum atomic E-state index is -0.249. The summed E-state index contributed by atoms with van der Waals surface area (Å²) in [6.45, 7) is 1.93. The third kappa shape index (κ3) is 3.59. The molecule has 4 unspecified atom stereocenters. The van der Waals surface area contributed by atoms with Gasteiger partial charge in [-0.2, -0.15) is 0 Å². The smallest absolute Gasteiger partial charge is 0.238 e. The SMILES string of the molecule is CC1=CC2CC1C1C(=O)N(c3cccc(OCC(=O)c4ccc(-c5ccccc5)cc4)c3)C(=O)C21. The lowest BCUT2D eigenvalue weighted by Gasteiger charge is -2.19. The molecule has 35 heavy (non-hydrogen) atoms. The van der Waals surface area contributed by atoms with Gasteiger partial charge in [-0.3, -0.25) is 14.4 Å². The van der Waals surface area contributed by atoms with Gasteiger partial charge in [0.1, 0.15) is 5.75 Å². The summed E-state index contributed by atoms with van der Waals surface area (Å²) in [6, 6.07) is 24.3. The Labute approximate surface area is 204 Å². The lowest BCUT2D eigenvalue weighted by atomic mass is 9.82. The molecule has 1 aliphatic heterocycles. The lowest BCUT2D eigenvalue weighted by Crippen LogP contribution is -2.32. The summed E-state index contributed by atoms with van der Waals surface area (Å²) in [4.78, 5) is 40.4. The topological polar surface area (TPSA) is 63.7 Å². The molecule has 2 fully saturated rings. The third-order valence-corrected chi connectivity index (χ3v) is 7.64. The highest BCUT2D eigenvalue weighted by molar-refractivity contribution is 6.23. The molecule has 3 aromatic rings. The first-order chi connectivity index (χ1) is 17.0. The fourth-order valence-electron chi connectivity index (χ4n) is 5.95. The summed E-state index contributed by atoms with van der Waals surface area (Å²) in [5.74, 6) is -0.0883. The highest BCUT2D eigenvalue weighted by Crippen LogP contribution is 2.56. The van der Waals surface area contributed by atoms with Crippen LogP contribution >= 0.6 is 0 Å². The predicted octanol–water partition coefficient (Wildman–Crippen LogP) is 5.32. The van der Waals surface area contributed by atoms with Crippen molar-refractivity contribution in [2.75, 3.05) is 11.5 Å². The number of ether oxygens (including phenoxy) is 1. The number of anilines is 1. The molecule has 0 radical (unpaired) electrons. The maximum atomic E-state index is 13.2. The van der Waals surface area contributed by atoms with E-state index in [4.69, 9.17) is 4.74 Å². The Hall–Kier alpha value is -3.99. The molecule has 3 aromatic carbocycles. The minimum Gasteiger partial charge on any atom is -0.485 e. The molecule has 0 spiro atoms. The maximum Gasteiger partial charge on any atom is 0.238 e. The molecule has 3 aliphatic rings. The number of carbonyl (C=O) groups is 3.